The van der Waals surface area contributed by atoms with E-state index in [1.54, 1.807) is 0 Å². The minimum absolute atomic E-state index is 0.417. The molecule has 4 heteroatoms. The van der Waals surface area contributed by atoms with E-state index in [0.717, 1.165) is 16.6 Å². The summed E-state index contributed by atoms with van der Waals surface area (Å²) in [5.41, 5.74) is 8.10. The van der Waals surface area contributed by atoms with Gasteiger partial charge in [-0.15, -0.1) is 0 Å². The van der Waals surface area contributed by atoms with Crippen LogP contribution in [0, 0.1) is 0 Å². The molecule has 0 saturated carbocycles. The lowest BCUT2D eigenvalue weighted by atomic mass is 9.78. The SMILES string of the molecule is CC.CC1(C)OB(O)c2ccc(CN)cc21. The lowest BCUT2D eigenvalue weighted by molar-refractivity contribution is 0.101. The summed E-state index contributed by atoms with van der Waals surface area (Å²) in [6.45, 7) is 8.41. The van der Waals surface area contributed by atoms with Crippen LogP contribution in [-0.2, 0) is 16.8 Å². The van der Waals surface area contributed by atoms with Gasteiger partial charge in [-0.1, -0.05) is 32.0 Å². The van der Waals surface area contributed by atoms with Crippen LogP contribution >= 0.6 is 0 Å². The van der Waals surface area contributed by atoms with Gasteiger partial charge in [0.1, 0.15) is 0 Å². The normalized spacial score (nSPS) is 16.5. The van der Waals surface area contributed by atoms with Crippen LogP contribution in [0.25, 0.3) is 0 Å². The topological polar surface area (TPSA) is 55.5 Å². The Hall–Kier alpha value is -0.835. The van der Waals surface area contributed by atoms with Crippen LogP contribution in [0.4, 0.5) is 0 Å². The van der Waals surface area contributed by atoms with Gasteiger partial charge in [0.25, 0.3) is 0 Å². The van der Waals surface area contributed by atoms with Crippen LogP contribution in [0.1, 0.15) is 38.8 Å². The number of hydrogen-bond acceptors (Lipinski definition) is 3. The van der Waals surface area contributed by atoms with Gasteiger partial charge in [0, 0.05) is 6.54 Å². The number of hydrogen-bond donors (Lipinski definition) is 2. The van der Waals surface area contributed by atoms with E-state index < -0.39 is 12.7 Å². The largest absolute Gasteiger partial charge is 0.492 e. The van der Waals surface area contributed by atoms with Crippen LogP contribution in [0.15, 0.2) is 18.2 Å². The number of benzene rings is 1. The molecule has 0 bridgehead atoms. The lowest BCUT2D eigenvalue weighted by Gasteiger charge is -2.20. The average molecular weight is 221 g/mol. The van der Waals surface area contributed by atoms with Gasteiger partial charge in [-0.3, -0.25) is 0 Å². The highest BCUT2D eigenvalue weighted by Gasteiger charge is 2.40. The Morgan fingerprint density at radius 3 is 2.56 bits per heavy atom. The van der Waals surface area contributed by atoms with Gasteiger partial charge in [0.2, 0.25) is 0 Å². The first kappa shape index (κ1) is 13.2. The molecule has 16 heavy (non-hydrogen) atoms. The van der Waals surface area contributed by atoms with E-state index in [0.29, 0.717) is 6.54 Å². The molecule has 1 aromatic rings. The average Bonchev–Trinajstić information content (AvgIpc) is 2.52. The summed E-state index contributed by atoms with van der Waals surface area (Å²) in [4.78, 5) is 0. The van der Waals surface area contributed by atoms with Crippen LogP contribution in [-0.4, -0.2) is 12.1 Å². The van der Waals surface area contributed by atoms with Crippen molar-refractivity contribution in [3.05, 3.63) is 29.3 Å². The summed E-state index contributed by atoms with van der Waals surface area (Å²) in [5.74, 6) is 0. The van der Waals surface area contributed by atoms with Crippen LogP contribution < -0.4 is 11.2 Å². The highest BCUT2D eigenvalue weighted by Crippen LogP contribution is 2.29. The molecule has 1 aliphatic rings. The maximum Gasteiger partial charge on any atom is 0.492 e. The van der Waals surface area contributed by atoms with Crippen molar-refractivity contribution in [2.45, 2.75) is 39.8 Å². The third kappa shape index (κ3) is 2.29. The van der Waals surface area contributed by atoms with Crippen LogP contribution in [0.3, 0.4) is 0 Å². The van der Waals surface area contributed by atoms with Crippen molar-refractivity contribution < 1.29 is 9.68 Å². The molecule has 0 unspecified atom stereocenters. The van der Waals surface area contributed by atoms with E-state index >= 15 is 0 Å². The summed E-state index contributed by atoms with van der Waals surface area (Å²) < 4.78 is 5.43. The third-order valence-corrected chi connectivity index (χ3v) is 2.67. The molecular weight excluding hydrogens is 201 g/mol. The predicted molar refractivity (Wildman–Crippen MR) is 67.4 cm³/mol. The quantitative estimate of drug-likeness (QED) is 0.699. The molecule has 1 aliphatic heterocycles. The van der Waals surface area contributed by atoms with E-state index in [1.807, 2.05) is 45.9 Å². The van der Waals surface area contributed by atoms with Crippen molar-refractivity contribution in [2.24, 2.45) is 5.73 Å². The first-order chi connectivity index (χ1) is 7.54. The van der Waals surface area contributed by atoms with E-state index in [2.05, 4.69) is 0 Å². The Morgan fingerprint density at radius 1 is 1.38 bits per heavy atom. The summed E-state index contributed by atoms with van der Waals surface area (Å²) in [6.07, 6.45) is 0. The first-order valence-electron chi connectivity index (χ1n) is 5.74. The monoisotopic (exact) mass is 221 g/mol. The molecule has 0 radical (unpaired) electrons. The molecule has 0 aromatic heterocycles. The highest BCUT2D eigenvalue weighted by molar-refractivity contribution is 6.61. The van der Waals surface area contributed by atoms with Crippen molar-refractivity contribution >= 4 is 12.6 Å². The highest BCUT2D eigenvalue weighted by atomic mass is 16.5. The second-order valence-electron chi connectivity index (χ2n) is 4.11. The maximum absolute atomic E-state index is 9.63. The zero-order valence-electron chi connectivity index (χ0n) is 10.4. The molecule has 1 aromatic carbocycles. The Balaban J connectivity index is 0.000000606. The minimum atomic E-state index is -0.799. The van der Waals surface area contributed by atoms with E-state index in [4.69, 9.17) is 10.4 Å². The summed E-state index contributed by atoms with van der Waals surface area (Å²) in [7, 11) is -0.799. The van der Waals surface area contributed by atoms with Gasteiger partial charge >= 0.3 is 7.12 Å². The fourth-order valence-electron chi connectivity index (χ4n) is 1.87. The molecule has 0 spiro atoms. The Labute approximate surface area is 97.8 Å². The van der Waals surface area contributed by atoms with Gasteiger partial charge in [-0.05, 0) is 30.4 Å². The molecule has 0 saturated heterocycles. The number of nitrogens with two attached hydrogens (primary N) is 1. The van der Waals surface area contributed by atoms with Gasteiger partial charge < -0.3 is 15.4 Å². The van der Waals surface area contributed by atoms with Crippen molar-refractivity contribution in [3.8, 4) is 0 Å². The smallest absolute Gasteiger partial charge is 0.423 e. The van der Waals surface area contributed by atoms with E-state index in [1.165, 1.54) is 0 Å². The molecule has 3 N–H and O–H groups in total. The van der Waals surface area contributed by atoms with Crippen LogP contribution in [0.2, 0.25) is 0 Å². The summed E-state index contributed by atoms with van der Waals surface area (Å²) >= 11 is 0. The number of fused-ring (bicyclic) bond motifs is 1. The molecule has 0 aliphatic carbocycles. The predicted octanol–water partition coefficient (Wildman–Crippen LogP) is 1.12. The third-order valence-electron chi connectivity index (χ3n) is 2.67. The van der Waals surface area contributed by atoms with Crippen molar-refractivity contribution in [1.29, 1.82) is 0 Å². The Bertz CT molecular complexity index is 366. The standard InChI is InChI=1S/C10H14BNO2.C2H6/c1-10(2)8-5-7(6-12)3-4-9(8)11(13)14-10;1-2/h3-5,13H,6,12H2,1-2H3;1-2H3. The first-order valence-corrected chi connectivity index (χ1v) is 5.74. The lowest BCUT2D eigenvalue weighted by Crippen LogP contribution is -2.28. The van der Waals surface area contributed by atoms with Gasteiger partial charge in [0.05, 0.1) is 5.60 Å². The van der Waals surface area contributed by atoms with E-state index in [-0.39, 0.29) is 0 Å². The van der Waals surface area contributed by atoms with Crippen LogP contribution in [0.5, 0.6) is 0 Å². The zero-order valence-corrected chi connectivity index (χ0v) is 10.4. The maximum atomic E-state index is 9.63. The van der Waals surface area contributed by atoms with E-state index in [9.17, 15) is 5.02 Å². The molecule has 0 fully saturated rings. The molecule has 0 amide bonds. The minimum Gasteiger partial charge on any atom is -0.423 e. The molecule has 0 atom stereocenters. The van der Waals surface area contributed by atoms with Crippen molar-refractivity contribution in [3.63, 3.8) is 0 Å². The number of rotatable bonds is 1. The second kappa shape index (κ2) is 5.00. The molecule has 1 heterocycles. The summed E-state index contributed by atoms with van der Waals surface area (Å²) in [6, 6.07) is 5.81. The Morgan fingerprint density at radius 2 is 2.00 bits per heavy atom. The zero-order chi connectivity index (χ0) is 12.3. The van der Waals surface area contributed by atoms with Gasteiger partial charge in [-0.25, -0.2) is 0 Å². The Kier molecular flexibility index (Phi) is 4.13. The van der Waals surface area contributed by atoms with Gasteiger partial charge in [-0.2, -0.15) is 0 Å². The summed E-state index contributed by atoms with van der Waals surface area (Å²) in [5, 5.41) is 9.63. The molecule has 88 valence electrons. The van der Waals surface area contributed by atoms with Crippen molar-refractivity contribution in [1.82, 2.24) is 0 Å². The second-order valence-corrected chi connectivity index (χ2v) is 4.11. The molecular formula is C12H20BNO2. The fraction of sp³-hybridized carbons (Fsp3) is 0.500. The fourth-order valence-corrected chi connectivity index (χ4v) is 1.87. The van der Waals surface area contributed by atoms with Gasteiger partial charge in [0.15, 0.2) is 0 Å². The molecule has 2 rings (SSSR count). The molecule has 3 nitrogen and oxygen atoms in total. The van der Waals surface area contributed by atoms with Crippen molar-refractivity contribution in [2.75, 3.05) is 0 Å².